The molecule has 164 valence electrons. The Bertz CT molecular complexity index is 1260. The van der Waals surface area contributed by atoms with Gasteiger partial charge in [0.1, 0.15) is 12.0 Å². The van der Waals surface area contributed by atoms with Gasteiger partial charge >= 0.3 is 0 Å². The van der Waals surface area contributed by atoms with Crippen LogP contribution >= 0.6 is 11.3 Å². The number of carbonyl (C=O) groups is 1. The third kappa shape index (κ3) is 3.41. The lowest BCUT2D eigenvalue weighted by Crippen LogP contribution is -2.56. The summed E-state index contributed by atoms with van der Waals surface area (Å²) in [6.07, 6.45) is 9.55. The molecule has 6 heterocycles. The van der Waals surface area contributed by atoms with Gasteiger partial charge < -0.3 is 9.88 Å². The first kappa shape index (κ1) is 19.6. The van der Waals surface area contributed by atoms with Crippen LogP contribution in [0, 0.1) is 6.92 Å². The summed E-state index contributed by atoms with van der Waals surface area (Å²) >= 11 is 1.59. The zero-order valence-electron chi connectivity index (χ0n) is 17.9. The Balaban J connectivity index is 1.05. The van der Waals surface area contributed by atoms with Crippen LogP contribution in [0.4, 0.5) is 0 Å². The number of H-pyrrole nitrogens is 1. The molecule has 32 heavy (non-hydrogen) atoms. The number of hydrogen-bond donors (Lipinski definition) is 1. The van der Waals surface area contributed by atoms with Gasteiger partial charge in [0.2, 0.25) is 0 Å². The van der Waals surface area contributed by atoms with E-state index in [0.717, 1.165) is 66.2 Å². The van der Waals surface area contributed by atoms with Gasteiger partial charge in [0.25, 0.3) is 5.91 Å². The van der Waals surface area contributed by atoms with E-state index in [9.17, 15) is 4.79 Å². The third-order valence-corrected chi connectivity index (χ3v) is 7.70. The average Bonchev–Trinajstić information content (AvgIpc) is 3.53. The molecule has 1 N–H and O–H groups in total. The second kappa shape index (κ2) is 7.83. The maximum absolute atomic E-state index is 12.7. The van der Waals surface area contributed by atoms with Gasteiger partial charge in [-0.2, -0.15) is 5.10 Å². The first-order valence-electron chi connectivity index (χ1n) is 11.1. The quantitative estimate of drug-likeness (QED) is 0.519. The number of aromatic amines is 1. The zero-order chi connectivity index (χ0) is 21.7. The number of thiophene rings is 1. The lowest BCUT2D eigenvalue weighted by Gasteiger charge is -2.47. The van der Waals surface area contributed by atoms with Gasteiger partial charge in [-0.25, -0.2) is 9.97 Å². The summed E-state index contributed by atoms with van der Waals surface area (Å²) in [6, 6.07) is 6.92. The van der Waals surface area contributed by atoms with Crippen molar-refractivity contribution in [3.63, 3.8) is 0 Å². The molecule has 0 spiro atoms. The van der Waals surface area contributed by atoms with Crippen LogP contribution in [0.1, 0.15) is 33.4 Å². The van der Waals surface area contributed by atoms with Crippen molar-refractivity contribution in [2.45, 2.75) is 31.8 Å². The molecular formula is C23H25N7OS. The molecule has 2 fully saturated rings. The van der Waals surface area contributed by atoms with Crippen molar-refractivity contribution in [1.29, 1.82) is 0 Å². The molecule has 2 saturated heterocycles. The Morgan fingerprint density at radius 3 is 2.75 bits per heavy atom. The predicted octanol–water partition coefficient (Wildman–Crippen LogP) is 3.35. The first-order chi connectivity index (χ1) is 15.7. The van der Waals surface area contributed by atoms with Gasteiger partial charge in [-0.05, 0) is 38.0 Å². The molecule has 0 aliphatic carbocycles. The maximum Gasteiger partial charge on any atom is 0.263 e. The molecule has 9 heteroatoms. The number of nitrogens with one attached hydrogen (secondary N) is 1. The van der Waals surface area contributed by atoms with Crippen LogP contribution in [0.5, 0.6) is 0 Å². The number of hydrogen-bond acceptors (Lipinski definition) is 6. The number of fused-ring (bicyclic) bond motifs is 1. The highest BCUT2D eigenvalue weighted by Crippen LogP contribution is 2.31. The minimum Gasteiger partial charge on any atom is -0.346 e. The van der Waals surface area contributed by atoms with E-state index >= 15 is 0 Å². The summed E-state index contributed by atoms with van der Waals surface area (Å²) in [5, 5.41) is 5.64. The van der Waals surface area contributed by atoms with Crippen LogP contribution in [-0.4, -0.2) is 72.7 Å². The molecule has 0 atom stereocenters. The fraction of sp³-hybridized carbons (Fsp3) is 0.391. The van der Waals surface area contributed by atoms with Gasteiger partial charge in [0.15, 0.2) is 0 Å². The molecule has 0 saturated carbocycles. The summed E-state index contributed by atoms with van der Waals surface area (Å²) < 4.78 is 2.07. The van der Waals surface area contributed by atoms with Crippen LogP contribution in [-0.2, 0) is 0 Å². The number of rotatable bonds is 4. The van der Waals surface area contributed by atoms with Crippen molar-refractivity contribution in [1.82, 2.24) is 34.5 Å². The molecule has 0 radical (unpaired) electrons. The van der Waals surface area contributed by atoms with E-state index in [0.29, 0.717) is 12.1 Å². The van der Waals surface area contributed by atoms with Crippen LogP contribution in [0.15, 0.2) is 43.1 Å². The Labute approximate surface area is 189 Å². The maximum atomic E-state index is 12.7. The number of aromatic nitrogens is 5. The molecule has 8 nitrogen and oxygen atoms in total. The van der Waals surface area contributed by atoms with E-state index < -0.39 is 0 Å². The van der Waals surface area contributed by atoms with Crippen molar-refractivity contribution in [3.8, 4) is 11.3 Å². The standard InChI is InChI=1S/C23H25N7OS/c1-15-2-3-20(32-15)23(31)28-8-5-17(6-9-28)29-12-18(13-29)30-11-16(10-27-30)21-19-4-7-24-22(19)26-14-25-21/h2-4,7,10-11,14,17-18H,5-6,8-9,12-13H2,1H3,(H,24,25,26). The van der Waals surface area contributed by atoms with Crippen molar-refractivity contribution in [2.75, 3.05) is 26.2 Å². The highest BCUT2D eigenvalue weighted by atomic mass is 32.1. The van der Waals surface area contributed by atoms with E-state index in [1.54, 1.807) is 17.7 Å². The second-order valence-electron chi connectivity index (χ2n) is 8.71. The topological polar surface area (TPSA) is 82.9 Å². The van der Waals surface area contributed by atoms with Gasteiger partial charge in [0.05, 0.1) is 22.8 Å². The van der Waals surface area contributed by atoms with Gasteiger partial charge in [-0.15, -0.1) is 11.3 Å². The van der Waals surface area contributed by atoms with E-state index in [1.165, 1.54) is 4.88 Å². The highest BCUT2D eigenvalue weighted by Gasteiger charge is 2.36. The number of nitrogens with zero attached hydrogens (tertiary/aromatic N) is 6. The molecule has 4 aromatic heterocycles. The normalized spacial score (nSPS) is 18.3. The van der Waals surface area contributed by atoms with Crippen LogP contribution in [0.2, 0.25) is 0 Å². The van der Waals surface area contributed by atoms with Crippen LogP contribution in [0.25, 0.3) is 22.3 Å². The van der Waals surface area contributed by atoms with E-state index in [4.69, 9.17) is 0 Å². The first-order valence-corrected chi connectivity index (χ1v) is 11.9. The molecule has 0 aromatic carbocycles. The molecule has 1 amide bonds. The lowest BCUT2D eigenvalue weighted by atomic mass is 9.97. The van der Waals surface area contributed by atoms with Gasteiger partial charge in [0, 0.05) is 60.4 Å². The molecule has 6 rings (SSSR count). The van der Waals surface area contributed by atoms with Gasteiger partial charge in [-0.1, -0.05) is 0 Å². The minimum atomic E-state index is 0.188. The Hall–Kier alpha value is -3.04. The monoisotopic (exact) mass is 447 g/mol. The fourth-order valence-corrected chi connectivity index (χ4v) is 5.69. The van der Waals surface area contributed by atoms with E-state index in [1.807, 2.05) is 42.4 Å². The molecule has 0 bridgehead atoms. The van der Waals surface area contributed by atoms with Crippen LogP contribution < -0.4 is 0 Å². The Morgan fingerprint density at radius 1 is 1.12 bits per heavy atom. The molecule has 4 aromatic rings. The summed E-state index contributed by atoms with van der Waals surface area (Å²) in [6.45, 7) is 5.74. The summed E-state index contributed by atoms with van der Waals surface area (Å²) in [5.41, 5.74) is 2.78. The summed E-state index contributed by atoms with van der Waals surface area (Å²) in [7, 11) is 0. The summed E-state index contributed by atoms with van der Waals surface area (Å²) in [5.74, 6) is 0.188. The molecule has 2 aliphatic heterocycles. The van der Waals surface area contributed by atoms with E-state index in [2.05, 4.69) is 35.8 Å². The molecule has 0 unspecified atom stereocenters. The Kier molecular flexibility index (Phi) is 4.80. The number of piperidine rings is 1. The fourth-order valence-electron chi connectivity index (χ4n) is 4.86. The lowest BCUT2D eigenvalue weighted by molar-refractivity contribution is 0.0199. The van der Waals surface area contributed by atoms with Crippen molar-refractivity contribution in [2.24, 2.45) is 0 Å². The predicted molar refractivity (Wildman–Crippen MR) is 124 cm³/mol. The molecular weight excluding hydrogens is 422 g/mol. The SMILES string of the molecule is Cc1ccc(C(=O)N2CCC(N3CC(n4cc(-c5ncnc6[nH]ccc56)cn4)C3)CC2)s1. The summed E-state index contributed by atoms with van der Waals surface area (Å²) in [4.78, 5) is 31.2. The number of aryl methyl sites for hydroxylation is 1. The average molecular weight is 448 g/mol. The highest BCUT2D eigenvalue weighted by molar-refractivity contribution is 7.13. The van der Waals surface area contributed by atoms with Crippen LogP contribution in [0.3, 0.4) is 0 Å². The van der Waals surface area contributed by atoms with Crippen molar-refractivity contribution in [3.05, 3.63) is 52.9 Å². The molecule has 2 aliphatic rings. The Morgan fingerprint density at radius 2 is 1.97 bits per heavy atom. The minimum absolute atomic E-state index is 0.188. The number of likely N-dealkylation sites (tertiary alicyclic amines) is 2. The van der Waals surface area contributed by atoms with E-state index in [-0.39, 0.29) is 5.91 Å². The van der Waals surface area contributed by atoms with Crippen molar-refractivity contribution >= 4 is 28.3 Å². The second-order valence-corrected chi connectivity index (χ2v) is 10.0. The van der Waals surface area contributed by atoms with Crippen molar-refractivity contribution < 1.29 is 4.79 Å². The van der Waals surface area contributed by atoms with Gasteiger partial charge in [-0.3, -0.25) is 14.4 Å². The smallest absolute Gasteiger partial charge is 0.263 e. The number of carbonyl (C=O) groups excluding carboxylic acids is 1. The largest absolute Gasteiger partial charge is 0.346 e. The third-order valence-electron chi connectivity index (χ3n) is 6.71. The number of amides is 1. The zero-order valence-corrected chi connectivity index (χ0v) is 18.8.